The SMILES string of the molecule is O=C1CC2C[C@]2(O)C1=O. The predicted octanol–water partition coefficient (Wildman–Crippen LogP) is -0.721. The highest BCUT2D eigenvalue weighted by atomic mass is 16.3. The quantitative estimate of drug-likeness (QED) is 0.436. The zero-order valence-electron chi connectivity index (χ0n) is 4.76. The lowest BCUT2D eigenvalue weighted by atomic mass is 10.2. The molecule has 2 rings (SSSR count). The fourth-order valence-corrected chi connectivity index (χ4v) is 1.39. The fourth-order valence-electron chi connectivity index (χ4n) is 1.39. The largest absolute Gasteiger partial charge is 0.381 e. The summed E-state index contributed by atoms with van der Waals surface area (Å²) in [5, 5.41) is 9.14. The first-order chi connectivity index (χ1) is 4.14. The molecule has 9 heavy (non-hydrogen) atoms. The van der Waals surface area contributed by atoms with Gasteiger partial charge in [0.1, 0.15) is 5.60 Å². The minimum absolute atomic E-state index is 0.0301. The van der Waals surface area contributed by atoms with E-state index in [1.807, 2.05) is 0 Å². The molecule has 0 aromatic heterocycles. The van der Waals surface area contributed by atoms with Crippen LogP contribution in [0, 0.1) is 5.92 Å². The highest BCUT2D eigenvalue weighted by Crippen LogP contribution is 2.51. The summed E-state index contributed by atoms with van der Waals surface area (Å²) < 4.78 is 0. The van der Waals surface area contributed by atoms with Crippen LogP contribution in [0.5, 0.6) is 0 Å². The number of carbonyl (C=O) groups excluding carboxylic acids is 2. The molecule has 0 aromatic carbocycles. The van der Waals surface area contributed by atoms with E-state index in [0.717, 1.165) is 0 Å². The van der Waals surface area contributed by atoms with Gasteiger partial charge in [0.05, 0.1) is 0 Å². The second kappa shape index (κ2) is 1.09. The first-order valence-electron chi connectivity index (χ1n) is 2.94. The molecule has 1 N–H and O–H groups in total. The van der Waals surface area contributed by atoms with Gasteiger partial charge >= 0.3 is 0 Å². The normalized spacial score (nSPS) is 47.4. The van der Waals surface area contributed by atoms with Crippen molar-refractivity contribution in [3.63, 3.8) is 0 Å². The van der Waals surface area contributed by atoms with E-state index in [9.17, 15) is 9.59 Å². The summed E-state index contributed by atoms with van der Waals surface area (Å²) in [4.78, 5) is 21.2. The molecule has 0 aliphatic heterocycles. The molecule has 2 aliphatic carbocycles. The zero-order valence-corrected chi connectivity index (χ0v) is 4.76. The summed E-state index contributed by atoms with van der Waals surface area (Å²) in [6.07, 6.45) is 0.785. The summed E-state index contributed by atoms with van der Waals surface area (Å²) in [6, 6.07) is 0. The Morgan fingerprint density at radius 1 is 1.56 bits per heavy atom. The van der Waals surface area contributed by atoms with Crippen LogP contribution >= 0.6 is 0 Å². The Morgan fingerprint density at radius 2 is 2.22 bits per heavy atom. The number of aliphatic hydroxyl groups is 1. The van der Waals surface area contributed by atoms with Crippen LogP contribution in [0.15, 0.2) is 0 Å². The second-order valence-corrected chi connectivity index (χ2v) is 2.78. The maximum absolute atomic E-state index is 10.7. The van der Waals surface area contributed by atoms with Gasteiger partial charge in [-0.2, -0.15) is 0 Å². The molecule has 2 aliphatic rings. The third-order valence-corrected chi connectivity index (χ3v) is 2.15. The van der Waals surface area contributed by atoms with Crippen molar-refractivity contribution in [1.82, 2.24) is 0 Å². The van der Waals surface area contributed by atoms with Gasteiger partial charge < -0.3 is 5.11 Å². The lowest BCUT2D eigenvalue weighted by Crippen LogP contribution is -2.24. The van der Waals surface area contributed by atoms with Crippen LogP contribution in [0.4, 0.5) is 0 Å². The Morgan fingerprint density at radius 3 is 2.44 bits per heavy atom. The van der Waals surface area contributed by atoms with Crippen molar-refractivity contribution in [2.75, 3.05) is 0 Å². The summed E-state index contributed by atoms with van der Waals surface area (Å²) in [5.41, 5.74) is -1.20. The van der Waals surface area contributed by atoms with Crippen molar-refractivity contribution in [1.29, 1.82) is 0 Å². The molecule has 0 saturated heterocycles. The van der Waals surface area contributed by atoms with Gasteiger partial charge in [0, 0.05) is 12.3 Å². The monoisotopic (exact) mass is 126 g/mol. The van der Waals surface area contributed by atoms with Gasteiger partial charge in [-0.25, -0.2) is 0 Å². The highest BCUT2D eigenvalue weighted by Gasteiger charge is 2.66. The van der Waals surface area contributed by atoms with Gasteiger partial charge in [-0.3, -0.25) is 9.59 Å². The number of carbonyl (C=O) groups is 2. The van der Waals surface area contributed by atoms with Gasteiger partial charge in [-0.05, 0) is 6.42 Å². The summed E-state index contributed by atoms with van der Waals surface area (Å²) in [7, 11) is 0. The van der Waals surface area contributed by atoms with Crippen molar-refractivity contribution in [2.24, 2.45) is 5.92 Å². The Kier molecular flexibility index (Phi) is 0.620. The van der Waals surface area contributed by atoms with Crippen molar-refractivity contribution < 1.29 is 14.7 Å². The average molecular weight is 126 g/mol. The molecular formula is C6H6O3. The Labute approximate surface area is 51.7 Å². The van der Waals surface area contributed by atoms with Crippen molar-refractivity contribution in [3.8, 4) is 0 Å². The maximum atomic E-state index is 10.7. The van der Waals surface area contributed by atoms with Crippen LogP contribution in [0.3, 0.4) is 0 Å². The Hall–Kier alpha value is -0.700. The molecule has 0 aromatic rings. The molecule has 0 amide bonds. The fraction of sp³-hybridized carbons (Fsp3) is 0.667. The number of ketones is 2. The molecule has 3 heteroatoms. The van der Waals surface area contributed by atoms with Crippen LogP contribution in [0.2, 0.25) is 0 Å². The van der Waals surface area contributed by atoms with E-state index in [1.165, 1.54) is 0 Å². The van der Waals surface area contributed by atoms with Crippen molar-refractivity contribution in [3.05, 3.63) is 0 Å². The van der Waals surface area contributed by atoms with Gasteiger partial charge in [-0.1, -0.05) is 0 Å². The standard InChI is InChI=1S/C6H6O3/c7-4-1-3-2-6(3,9)5(4)8/h3,9H,1-2H2/t3?,6-/m1/s1. The summed E-state index contributed by atoms with van der Waals surface area (Å²) in [6.45, 7) is 0. The Bertz CT molecular complexity index is 208. The third kappa shape index (κ3) is 0.412. The van der Waals surface area contributed by atoms with Crippen LogP contribution in [-0.2, 0) is 9.59 Å². The summed E-state index contributed by atoms with van der Waals surface area (Å²) in [5.74, 6) is -0.987. The van der Waals surface area contributed by atoms with Crippen LogP contribution < -0.4 is 0 Å². The van der Waals surface area contributed by atoms with Gasteiger partial charge in [0.15, 0.2) is 0 Å². The predicted molar refractivity (Wildman–Crippen MR) is 27.7 cm³/mol. The lowest BCUT2D eigenvalue weighted by Gasteiger charge is -1.94. The van der Waals surface area contributed by atoms with Crippen LogP contribution in [-0.4, -0.2) is 22.3 Å². The second-order valence-electron chi connectivity index (χ2n) is 2.78. The number of rotatable bonds is 0. The van der Waals surface area contributed by atoms with Crippen LogP contribution in [0.1, 0.15) is 12.8 Å². The lowest BCUT2D eigenvalue weighted by molar-refractivity contribution is -0.140. The molecule has 0 heterocycles. The number of hydrogen-bond acceptors (Lipinski definition) is 3. The zero-order chi connectivity index (χ0) is 6.65. The van der Waals surface area contributed by atoms with E-state index in [2.05, 4.69) is 0 Å². The smallest absolute Gasteiger partial charge is 0.230 e. The van der Waals surface area contributed by atoms with E-state index in [0.29, 0.717) is 6.42 Å². The molecule has 48 valence electrons. The van der Waals surface area contributed by atoms with E-state index < -0.39 is 17.2 Å². The van der Waals surface area contributed by atoms with E-state index in [1.54, 1.807) is 0 Å². The molecule has 0 radical (unpaired) electrons. The maximum Gasteiger partial charge on any atom is 0.230 e. The molecule has 2 atom stereocenters. The molecular weight excluding hydrogens is 120 g/mol. The van der Waals surface area contributed by atoms with E-state index in [-0.39, 0.29) is 12.3 Å². The topological polar surface area (TPSA) is 54.4 Å². The average Bonchev–Trinajstić information content (AvgIpc) is 2.36. The number of fused-ring (bicyclic) bond motifs is 1. The third-order valence-electron chi connectivity index (χ3n) is 2.15. The van der Waals surface area contributed by atoms with Crippen molar-refractivity contribution >= 4 is 11.6 Å². The van der Waals surface area contributed by atoms with Gasteiger partial charge in [-0.15, -0.1) is 0 Å². The first kappa shape index (κ1) is 5.11. The minimum Gasteiger partial charge on any atom is -0.381 e. The van der Waals surface area contributed by atoms with E-state index >= 15 is 0 Å². The summed E-state index contributed by atoms with van der Waals surface area (Å²) >= 11 is 0. The van der Waals surface area contributed by atoms with Crippen LogP contribution in [0.25, 0.3) is 0 Å². The molecule has 3 nitrogen and oxygen atoms in total. The molecule has 1 unspecified atom stereocenters. The minimum atomic E-state index is -1.20. The highest BCUT2D eigenvalue weighted by molar-refractivity contribution is 6.44. The first-order valence-corrected chi connectivity index (χ1v) is 2.94. The molecule has 0 bridgehead atoms. The van der Waals surface area contributed by atoms with Gasteiger partial charge in [0.2, 0.25) is 11.6 Å². The van der Waals surface area contributed by atoms with Gasteiger partial charge in [0.25, 0.3) is 0 Å². The number of hydrogen-bond donors (Lipinski definition) is 1. The Balaban J connectivity index is 2.38. The number of Topliss-reactive ketones (excluding diaryl/α,β-unsaturated/α-hetero) is 2. The molecule has 2 fully saturated rings. The molecule has 2 saturated carbocycles. The van der Waals surface area contributed by atoms with Crippen molar-refractivity contribution in [2.45, 2.75) is 18.4 Å². The van der Waals surface area contributed by atoms with E-state index in [4.69, 9.17) is 5.11 Å². The molecule has 0 spiro atoms.